The summed E-state index contributed by atoms with van der Waals surface area (Å²) in [4.78, 5) is 21.6. The molecule has 0 aliphatic rings. The first kappa shape index (κ1) is 36.0. The van der Waals surface area contributed by atoms with Gasteiger partial charge in [-0.15, -0.1) is 0 Å². The molecule has 0 saturated heterocycles. The van der Waals surface area contributed by atoms with Crippen molar-refractivity contribution in [3.8, 4) is 0 Å². The molecule has 0 spiro atoms. The van der Waals surface area contributed by atoms with E-state index in [-0.39, 0.29) is 220 Å². The third-order valence-electron chi connectivity index (χ3n) is 0. The van der Waals surface area contributed by atoms with Crippen LogP contribution in [0.25, 0.3) is 0 Å². The largest absolute Gasteiger partial charge is 1.00 e. The van der Waals surface area contributed by atoms with Gasteiger partial charge in [-0.3, -0.25) is 0 Å². The van der Waals surface area contributed by atoms with Gasteiger partial charge in [0.05, 0.1) is 0 Å². The van der Waals surface area contributed by atoms with Gasteiger partial charge in [-0.2, -0.15) is 0 Å². The zero-order valence-corrected chi connectivity index (χ0v) is 21.5. The van der Waals surface area contributed by atoms with Gasteiger partial charge < -0.3 is 21.8 Å². The second-order valence-corrected chi connectivity index (χ2v) is 1.54. The molecule has 0 unspecified atom stereocenters. The molecule has 0 aromatic heterocycles. The Morgan fingerprint density at radius 2 is 0.900 bits per heavy atom. The van der Waals surface area contributed by atoms with E-state index in [2.05, 4.69) is 0 Å². The van der Waals surface area contributed by atoms with Crippen LogP contribution < -0.4 is 213 Å². The second-order valence-electron chi connectivity index (χ2n) is 0.513. The Balaban J connectivity index is -0.00000000178. The molecule has 0 fully saturated rings. The van der Waals surface area contributed by atoms with Crippen LogP contribution in [0.5, 0.6) is 0 Å². The van der Waals surface area contributed by atoms with Crippen molar-refractivity contribution in [1.29, 1.82) is 0 Å². The van der Waals surface area contributed by atoms with Gasteiger partial charge in [0.15, 0.2) is 0 Å². The molecule has 0 aliphatic heterocycles. The molecule has 0 rings (SSSR count). The fraction of sp³-hybridized carbons (Fsp3) is 0. The molecule has 0 radical (unpaired) electrons. The number of hydrogen-bond donors (Lipinski definition) is 3. The van der Waals surface area contributed by atoms with E-state index in [0.29, 0.717) is 0 Å². The van der Waals surface area contributed by atoms with E-state index in [1.807, 2.05) is 0 Å². The first-order valence-corrected chi connectivity index (χ1v) is 2.35. The SMILES string of the molecule is O=P(O)(O)O.[H-].[H-].[H-].[H-].[H-].[K+].[K+].[K+].[Na+].[Na+]. The Morgan fingerprint density at radius 1 is 0.900 bits per heavy atom. The molecule has 0 aromatic carbocycles. The molecule has 0 aliphatic carbocycles. The van der Waals surface area contributed by atoms with Crippen LogP contribution in [0.4, 0.5) is 0 Å². The van der Waals surface area contributed by atoms with Crippen LogP contribution in [0.2, 0.25) is 0 Å². The summed E-state index contributed by atoms with van der Waals surface area (Å²) in [6.07, 6.45) is 0. The van der Waals surface area contributed by atoms with E-state index in [1.165, 1.54) is 0 Å². The summed E-state index contributed by atoms with van der Waals surface area (Å²) >= 11 is 0. The van der Waals surface area contributed by atoms with Crippen molar-refractivity contribution in [3.63, 3.8) is 0 Å². The predicted octanol–water partition coefficient (Wildman–Crippen LogP) is -15.3. The van der Waals surface area contributed by atoms with E-state index in [9.17, 15) is 0 Å². The first-order valence-electron chi connectivity index (χ1n) is 0.783. The van der Waals surface area contributed by atoms with Gasteiger partial charge in [0.25, 0.3) is 0 Å². The van der Waals surface area contributed by atoms with Crippen LogP contribution in [0.15, 0.2) is 0 Å². The standard InChI is InChI=1S/3K.2Na.H3O4P.5H/c;;;;;1-5(2,3)4;;;;;/h;;;;;(H3,1,2,3,4);;;;;/q5*+1;;5*-1. The zero-order valence-electron chi connectivity index (χ0n) is 12.2. The summed E-state index contributed by atoms with van der Waals surface area (Å²) < 4.78 is 8.88. The molecular weight excluding hydrogens is 258 g/mol. The van der Waals surface area contributed by atoms with Crippen LogP contribution in [0.1, 0.15) is 7.13 Å². The molecule has 0 saturated carbocycles. The minimum Gasteiger partial charge on any atom is -1.00 e. The molecule has 0 atom stereocenters. The fourth-order valence-electron chi connectivity index (χ4n) is 0. The first-order chi connectivity index (χ1) is 2.00. The summed E-state index contributed by atoms with van der Waals surface area (Å²) in [7, 11) is -4.64. The van der Waals surface area contributed by atoms with Crippen molar-refractivity contribution < 1.29 is 240 Å². The predicted molar refractivity (Wildman–Crippen MR) is 19.8 cm³/mol. The van der Waals surface area contributed by atoms with Gasteiger partial charge >= 0.3 is 221 Å². The maximum absolute atomic E-state index is 8.88. The Morgan fingerprint density at radius 3 is 0.900 bits per heavy atom. The summed E-state index contributed by atoms with van der Waals surface area (Å²) in [6.45, 7) is 0. The van der Waals surface area contributed by atoms with Crippen LogP contribution in [0.3, 0.4) is 0 Å². The van der Waals surface area contributed by atoms with Gasteiger partial charge in [0.1, 0.15) is 0 Å². The average molecular weight is 266 g/mol. The average Bonchev–Trinajstić information content (AvgIpc) is 0.722. The molecule has 10 heteroatoms. The Hall–Kier alpha value is 7.02. The monoisotopic (exact) mass is 266 g/mol. The van der Waals surface area contributed by atoms with E-state index in [4.69, 9.17) is 19.2 Å². The quantitative estimate of drug-likeness (QED) is 0.301. The smallest absolute Gasteiger partial charge is 1.00 e. The molecule has 0 amide bonds. The second kappa shape index (κ2) is 21.3. The van der Waals surface area contributed by atoms with E-state index in [0.717, 1.165) is 0 Å². The molecular formula is H8K3Na2O4P. The summed E-state index contributed by atoms with van der Waals surface area (Å²) in [5.41, 5.74) is 0. The molecule has 3 N–H and O–H groups in total. The van der Waals surface area contributed by atoms with Crippen molar-refractivity contribution >= 4 is 7.82 Å². The topological polar surface area (TPSA) is 77.8 Å². The van der Waals surface area contributed by atoms with Gasteiger partial charge in [-0.1, -0.05) is 0 Å². The van der Waals surface area contributed by atoms with Crippen LogP contribution >= 0.6 is 7.82 Å². The molecule has 42 valence electrons. The maximum atomic E-state index is 8.88. The Bertz CT molecular complexity index is 78.4. The fourth-order valence-corrected chi connectivity index (χ4v) is 0. The van der Waals surface area contributed by atoms with Crippen LogP contribution in [0, 0.1) is 0 Å². The molecule has 0 heterocycles. The van der Waals surface area contributed by atoms with Gasteiger partial charge in [0.2, 0.25) is 0 Å². The van der Waals surface area contributed by atoms with Crippen LogP contribution in [-0.2, 0) is 4.57 Å². The number of hydrogen-bond acceptors (Lipinski definition) is 1. The summed E-state index contributed by atoms with van der Waals surface area (Å²) in [5, 5.41) is 0. The van der Waals surface area contributed by atoms with E-state index < -0.39 is 7.82 Å². The van der Waals surface area contributed by atoms with Crippen molar-refractivity contribution in [3.05, 3.63) is 0 Å². The van der Waals surface area contributed by atoms with Crippen molar-refractivity contribution in [2.75, 3.05) is 0 Å². The molecule has 4 nitrogen and oxygen atoms in total. The normalized spacial score (nSPS) is 5.90. The third kappa shape index (κ3) is 59.9. The zero-order chi connectivity index (χ0) is 4.50. The molecule has 10 heavy (non-hydrogen) atoms. The number of phosphoric acid groups is 1. The van der Waals surface area contributed by atoms with Crippen LogP contribution in [-0.4, -0.2) is 14.7 Å². The Labute approximate surface area is 239 Å². The number of rotatable bonds is 0. The molecule has 0 bridgehead atoms. The Kier molecular flexibility index (Phi) is 76.7. The van der Waals surface area contributed by atoms with E-state index >= 15 is 0 Å². The van der Waals surface area contributed by atoms with Gasteiger partial charge in [-0.25, -0.2) is 4.57 Å². The maximum Gasteiger partial charge on any atom is 1.00 e. The van der Waals surface area contributed by atoms with E-state index in [1.54, 1.807) is 0 Å². The minimum absolute atomic E-state index is 0. The summed E-state index contributed by atoms with van der Waals surface area (Å²) in [5.74, 6) is 0. The third-order valence-corrected chi connectivity index (χ3v) is 0. The van der Waals surface area contributed by atoms with Crippen molar-refractivity contribution in [2.45, 2.75) is 0 Å². The van der Waals surface area contributed by atoms with Gasteiger partial charge in [-0.05, 0) is 0 Å². The molecule has 0 aromatic rings. The summed E-state index contributed by atoms with van der Waals surface area (Å²) in [6, 6.07) is 0. The van der Waals surface area contributed by atoms with Crippen molar-refractivity contribution in [1.82, 2.24) is 0 Å². The minimum atomic E-state index is -4.64. The van der Waals surface area contributed by atoms with Gasteiger partial charge in [0, 0.05) is 0 Å². The van der Waals surface area contributed by atoms with Crippen molar-refractivity contribution in [2.24, 2.45) is 0 Å².